The number of nitrogens with zero attached hydrogens (tertiary/aromatic N) is 1. The standard InChI is InChI=1S/C16H26N2S/c1-16(2,3)15-7-6-13(19-15)10-18-9-12-5-4-8-17-14(12)11-18/h6-7,12,14,17H,4-5,8-11H2,1-3H3. The van der Waals surface area contributed by atoms with E-state index >= 15 is 0 Å². The van der Waals surface area contributed by atoms with Crippen LogP contribution in [0.5, 0.6) is 0 Å². The van der Waals surface area contributed by atoms with Gasteiger partial charge in [0.1, 0.15) is 0 Å². The minimum Gasteiger partial charge on any atom is -0.312 e. The average molecular weight is 278 g/mol. The van der Waals surface area contributed by atoms with E-state index in [1.807, 2.05) is 11.3 Å². The van der Waals surface area contributed by atoms with Gasteiger partial charge in [-0.25, -0.2) is 0 Å². The first kappa shape index (κ1) is 13.6. The highest BCUT2D eigenvalue weighted by Gasteiger charge is 2.34. The van der Waals surface area contributed by atoms with Crippen molar-refractivity contribution >= 4 is 11.3 Å². The average Bonchev–Trinajstić information content (AvgIpc) is 2.94. The van der Waals surface area contributed by atoms with E-state index in [9.17, 15) is 0 Å². The van der Waals surface area contributed by atoms with Crippen LogP contribution in [-0.2, 0) is 12.0 Å². The molecule has 1 aromatic rings. The summed E-state index contributed by atoms with van der Waals surface area (Å²) in [4.78, 5) is 5.69. The first-order valence-corrected chi connectivity index (χ1v) is 8.39. The van der Waals surface area contributed by atoms with Crippen LogP contribution in [0.1, 0.15) is 43.4 Å². The Morgan fingerprint density at radius 2 is 2.16 bits per heavy atom. The van der Waals surface area contributed by atoms with Gasteiger partial charge in [-0.15, -0.1) is 11.3 Å². The highest BCUT2D eigenvalue weighted by molar-refractivity contribution is 7.12. The van der Waals surface area contributed by atoms with Crippen molar-refractivity contribution in [3.05, 3.63) is 21.9 Å². The van der Waals surface area contributed by atoms with Crippen molar-refractivity contribution in [3.63, 3.8) is 0 Å². The second kappa shape index (κ2) is 5.19. The number of fused-ring (bicyclic) bond motifs is 1. The molecule has 2 saturated heterocycles. The molecule has 0 aliphatic carbocycles. The molecule has 0 spiro atoms. The van der Waals surface area contributed by atoms with Crippen LogP contribution in [0.15, 0.2) is 12.1 Å². The highest BCUT2D eigenvalue weighted by atomic mass is 32.1. The summed E-state index contributed by atoms with van der Waals surface area (Å²) in [6.07, 6.45) is 2.79. The van der Waals surface area contributed by atoms with Crippen molar-refractivity contribution in [1.29, 1.82) is 0 Å². The van der Waals surface area contributed by atoms with Gasteiger partial charge in [0, 0.05) is 35.4 Å². The molecule has 0 saturated carbocycles. The molecule has 3 heteroatoms. The summed E-state index contributed by atoms with van der Waals surface area (Å²) >= 11 is 2.00. The van der Waals surface area contributed by atoms with Crippen LogP contribution in [0, 0.1) is 5.92 Å². The van der Waals surface area contributed by atoms with Crippen LogP contribution in [0.3, 0.4) is 0 Å². The van der Waals surface area contributed by atoms with Gasteiger partial charge in [-0.3, -0.25) is 4.90 Å². The molecule has 106 valence electrons. The van der Waals surface area contributed by atoms with Crippen molar-refractivity contribution in [1.82, 2.24) is 10.2 Å². The fourth-order valence-electron chi connectivity index (χ4n) is 3.35. The molecule has 2 fully saturated rings. The molecule has 0 radical (unpaired) electrons. The van der Waals surface area contributed by atoms with Crippen molar-refractivity contribution < 1.29 is 0 Å². The highest BCUT2D eigenvalue weighted by Crippen LogP contribution is 2.32. The Hall–Kier alpha value is -0.380. The SMILES string of the molecule is CC(C)(C)c1ccc(CN2CC3CCCNC3C2)s1. The molecule has 3 rings (SSSR count). The predicted molar refractivity (Wildman–Crippen MR) is 82.8 cm³/mol. The van der Waals surface area contributed by atoms with Crippen LogP contribution >= 0.6 is 11.3 Å². The monoisotopic (exact) mass is 278 g/mol. The number of likely N-dealkylation sites (tertiary alicyclic amines) is 1. The van der Waals surface area contributed by atoms with Crippen LogP contribution in [0.2, 0.25) is 0 Å². The van der Waals surface area contributed by atoms with E-state index in [0.717, 1.165) is 18.5 Å². The maximum Gasteiger partial charge on any atom is 0.0328 e. The van der Waals surface area contributed by atoms with Gasteiger partial charge in [0.05, 0.1) is 0 Å². The smallest absolute Gasteiger partial charge is 0.0328 e. The molecule has 2 nitrogen and oxygen atoms in total. The maximum absolute atomic E-state index is 3.69. The van der Waals surface area contributed by atoms with E-state index in [1.165, 1.54) is 42.2 Å². The van der Waals surface area contributed by atoms with Gasteiger partial charge in [0.2, 0.25) is 0 Å². The summed E-state index contributed by atoms with van der Waals surface area (Å²) in [5.74, 6) is 0.899. The number of nitrogens with one attached hydrogen (secondary N) is 1. The molecule has 0 amide bonds. The molecule has 2 atom stereocenters. The zero-order valence-electron chi connectivity index (χ0n) is 12.4. The second-order valence-electron chi connectivity index (χ2n) is 7.17. The van der Waals surface area contributed by atoms with E-state index in [0.29, 0.717) is 5.41 Å². The minimum absolute atomic E-state index is 0.295. The van der Waals surface area contributed by atoms with Crippen LogP contribution in [0.4, 0.5) is 0 Å². The van der Waals surface area contributed by atoms with Crippen LogP contribution in [0.25, 0.3) is 0 Å². The first-order chi connectivity index (χ1) is 9.02. The van der Waals surface area contributed by atoms with E-state index in [2.05, 4.69) is 43.1 Å². The molecule has 19 heavy (non-hydrogen) atoms. The topological polar surface area (TPSA) is 15.3 Å². The molecular weight excluding hydrogens is 252 g/mol. The largest absolute Gasteiger partial charge is 0.312 e. The Bertz CT molecular complexity index is 418. The zero-order valence-corrected chi connectivity index (χ0v) is 13.2. The Morgan fingerprint density at radius 1 is 1.32 bits per heavy atom. The molecule has 2 aliphatic heterocycles. The fraction of sp³-hybridized carbons (Fsp3) is 0.750. The van der Waals surface area contributed by atoms with Crippen molar-refractivity contribution in [3.8, 4) is 0 Å². The number of hydrogen-bond acceptors (Lipinski definition) is 3. The summed E-state index contributed by atoms with van der Waals surface area (Å²) in [5.41, 5.74) is 0.295. The van der Waals surface area contributed by atoms with Crippen molar-refractivity contribution in [2.75, 3.05) is 19.6 Å². The van der Waals surface area contributed by atoms with Crippen molar-refractivity contribution in [2.45, 2.75) is 51.6 Å². The van der Waals surface area contributed by atoms with Gasteiger partial charge in [0.15, 0.2) is 0 Å². The number of rotatable bonds is 2. The third-order valence-electron chi connectivity index (χ3n) is 4.46. The van der Waals surface area contributed by atoms with Crippen LogP contribution < -0.4 is 5.32 Å². The molecule has 2 unspecified atom stereocenters. The lowest BCUT2D eigenvalue weighted by atomic mass is 9.94. The normalized spacial score (nSPS) is 28.6. The zero-order chi connectivity index (χ0) is 13.5. The molecule has 0 aromatic carbocycles. The minimum atomic E-state index is 0.295. The number of hydrogen-bond donors (Lipinski definition) is 1. The Labute approximate surface area is 121 Å². The summed E-state index contributed by atoms with van der Waals surface area (Å²) in [7, 11) is 0. The van der Waals surface area contributed by atoms with Gasteiger partial charge >= 0.3 is 0 Å². The Morgan fingerprint density at radius 3 is 2.84 bits per heavy atom. The molecule has 3 heterocycles. The van der Waals surface area contributed by atoms with Gasteiger partial charge < -0.3 is 5.32 Å². The lowest BCUT2D eigenvalue weighted by Crippen LogP contribution is -2.40. The number of piperidine rings is 1. The van der Waals surface area contributed by atoms with E-state index in [4.69, 9.17) is 0 Å². The third kappa shape index (κ3) is 3.04. The molecule has 1 N–H and O–H groups in total. The quantitative estimate of drug-likeness (QED) is 0.893. The number of thiophene rings is 1. The van der Waals surface area contributed by atoms with Gasteiger partial charge in [-0.05, 0) is 42.9 Å². The summed E-state index contributed by atoms with van der Waals surface area (Å²) in [5, 5.41) is 3.69. The predicted octanol–water partition coefficient (Wildman–Crippen LogP) is 3.23. The maximum atomic E-state index is 3.69. The summed E-state index contributed by atoms with van der Waals surface area (Å²) in [6, 6.07) is 5.41. The molecule has 1 aromatic heterocycles. The van der Waals surface area contributed by atoms with Crippen molar-refractivity contribution in [2.24, 2.45) is 5.92 Å². The van der Waals surface area contributed by atoms with E-state index in [1.54, 1.807) is 0 Å². The van der Waals surface area contributed by atoms with Gasteiger partial charge in [-0.2, -0.15) is 0 Å². The summed E-state index contributed by atoms with van der Waals surface area (Å²) < 4.78 is 0. The fourth-order valence-corrected chi connectivity index (χ4v) is 4.46. The second-order valence-corrected chi connectivity index (χ2v) is 8.34. The third-order valence-corrected chi connectivity index (χ3v) is 5.95. The van der Waals surface area contributed by atoms with Gasteiger partial charge in [0.25, 0.3) is 0 Å². The Balaban J connectivity index is 1.61. The molecule has 2 aliphatic rings. The lowest BCUT2D eigenvalue weighted by Gasteiger charge is -2.24. The summed E-state index contributed by atoms with van der Waals surface area (Å²) in [6.45, 7) is 11.8. The first-order valence-electron chi connectivity index (χ1n) is 7.57. The molecular formula is C16H26N2S. The molecule has 0 bridgehead atoms. The Kier molecular flexibility index (Phi) is 3.71. The van der Waals surface area contributed by atoms with Gasteiger partial charge in [-0.1, -0.05) is 20.8 Å². The van der Waals surface area contributed by atoms with Crippen LogP contribution in [-0.4, -0.2) is 30.6 Å². The lowest BCUT2D eigenvalue weighted by molar-refractivity contribution is 0.315. The van der Waals surface area contributed by atoms with E-state index in [-0.39, 0.29) is 0 Å². The van der Waals surface area contributed by atoms with E-state index < -0.39 is 0 Å².